The molecule has 3 heteroatoms. The molecule has 0 spiro atoms. The minimum atomic E-state index is 0. The van der Waals surface area contributed by atoms with Gasteiger partial charge >= 0.3 is 26.2 Å². The van der Waals surface area contributed by atoms with Crippen molar-refractivity contribution in [2.45, 2.75) is 79.1 Å². The molecule has 0 fully saturated rings. The van der Waals surface area contributed by atoms with Crippen molar-refractivity contribution >= 4 is 21.5 Å². The van der Waals surface area contributed by atoms with Crippen LogP contribution < -0.4 is 0 Å². The standard InChI is InChI=1S/2C19H21O.Zr/c2*1-4-6-16-9-10-19(20-16)15-11-14-7-5-8-17(13(2)3)18(14)12-15;/h2*5,7-13H,4,6H2,1-3H3;/q2*-1;+2. The zero-order valence-corrected chi connectivity index (χ0v) is 27.8. The van der Waals surface area contributed by atoms with E-state index >= 15 is 0 Å². The van der Waals surface area contributed by atoms with Crippen molar-refractivity contribution in [1.29, 1.82) is 0 Å². The van der Waals surface area contributed by atoms with Gasteiger partial charge in [0.25, 0.3) is 0 Å². The van der Waals surface area contributed by atoms with Crippen LogP contribution in [0.4, 0.5) is 0 Å². The molecule has 0 amide bonds. The maximum atomic E-state index is 5.94. The first-order chi connectivity index (χ1) is 19.4. The van der Waals surface area contributed by atoms with E-state index in [1.165, 1.54) is 43.8 Å². The summed E-state index contributed by atoms with van der Waals surface area (Å²) < 4.78 is 11.9. The number of hydrogen-bond acceptors (Lipinski definition) is 2. The maximum absolute atomic E-state index is 5.94. The molecule has 0 atom stereocenters. The van der Waals surface area contributed by atoms with Crippen LogP contribution in [0.25, 0.3) is 44.2 Å². The number of benzene rings is 2. The molecule has 2 nitrogen and oxygen atoms in total. The number of hydrogen-bond donors (Lipinski definition) is 0. The summed E-state index contributed by atoms with van der Waals surface area (Å²) in [5, 5.41) is 5.32. The van der Waals surface area contributed by atoms with Gasteiger partial charge in [-0.3, -0.25) is 0 Å². The van der Waals surface area contributed by atoms with Gasteiger partial charge in [-0.2, -0.15) is 0 Å². The third-order valence-electron chi connectivity index (χ3n) is 7.70. The molecule has 0 unspecified atom stereocenters. The van der Waals surface area contributed by atoms with Gasteiger partial charge in [-0.1, -0.05) is 88.1 Å². The van der Waals surface area contributed by atoms with Gasteiger partial charge in [0, 0.05) is 12.8 Å². The Kier molecular flexibility index (Phi) is 10.5. The molecule has 0 saturated heterocycles. The smallest absolute Gasteiger partial charge is 0.496 e. The van der Waals surface area contributed by atoms with Crippen LogP contribution in [0.1, 0.15) is 88.9 Å². The molecule has 0 N–H and O–H groups in total. The van der Waals surface area contributed by atoms with Crippen LogP contribution in [-0.2, 0) is 39.0 Å². The van der Waals surface area contributed by atoms with Crippen LogP contribution in [0.2, 0.25) is 0 Å². The molecule has 0 aliphatic rings. The zero-order chi connectivity index (χ0) is 28.2. The molecule has 0 saturated carbocycles. The number of fused-ring (bicyclic) bond motifs is 2. The van der Waals surface area contributed by atoms with Crippen LogP contribution >= 0.6 is 0 Å². The molecule has 4 aromatic carbocycles. The van der Waals surface area contributed by atoms with Gasteiger partial charge in [-0.05, 0) is 48.9 Å². The van der Waals surface area contributed by atoms with E-state index in [1.54, 1.807) is 0 Å². The van der Waals surface area contributed by atoms with Crippen LogP contribution in [0.15, 0.2) is 93.8 Å². The first kappa shape index (κ1) is 31.0. The van der Waals surface area contributed by atoms with Crippen LogP contribution in [0.3, 0.4) is 0 Å². The minimum absolute atomic E-state index is 0. The summed E-state index contributed by atoms with van der Waals surface area (Å²) >= 11 is 0. The molecular formula is C38H42O2Zr. The minimum Gasteiger partial charge on any atom is -0.496 e. The van der Waals surface area contributed by atoms with Crippen molar-refractivity contribution in [2.24, 2.45) is 0 Å². The Morgan fingerprint density at radius 1 is 0.585 bits per heavy atom. The number of aryl methyl sites for hydroxylation is 2. The monoisotopic (exact) mass is 620 g/mol. The van der Waals surface area contributed by atoms with Gasteiger partial charge in [0.2, 0.25) is 0 Å². The summed E-state index contributed by atoms with van der Waals surface area (Å²) in [6.07, 6.45) is 4.26. The Labute approximate surface area is 264 Å². The summed E-state index contributed by atoms with van der Waals surface area (Å²) in [5.41, 5.74) is 5.20. The predicted octanol–water partition coefficient (Wildman–Crippen LogP) is 11.8. The molecule has 0 bridgehead atoms. The maximum Gasteiger partial charge on any atom is 2.00 e. The first-order valence-electron chi connectivity index (χ1n) is 14.9. The van der Waals surface area contributed by atoms with Crippen LogP contribution in [0.5, 0.6) is 0 Å². The summed E-state index contributed by atoms with van der Waals surface area (Å²) in [7, 11) is 0. The molecule has 6 rings (SSSR count). The average Bonchev–Trinajstić information content (AvgIpc) is 3.73. The van der Waals surface area contributed by atoms with Gasteiger partial charge < -0.3 is 8.83 Å². The molecule has 0 aliphatic heterocycles. The molecular weight excluding hydrogens is 580 g/mol. The fourth-order valence-electron chi connectivity index (χ4n) is 5.64. The Morgan fingerprint density at radius 3 is 1.37 bits per heavy atom. The molecule has 0 radical (unpaired) electrons. The van der Waals surface area contributed by atoms with Gasteiger partial charge in [0.1, 0.15) is 0 Å². The van der Waals surface area contributed by atoms with Crippen LogP contribution in [-0.4, -0.2) is 0 Å². The SMILES string of the molecule is CCCc1ccc(-c2cc3c(C(C)C)cccc3[cH-]2)o1.CCCc1ccc(-c2cc3c(C(C)C)cccc3[cH-]2)o1.[Zr+2]. The van der Waals surface area contributed by atoms with E-state index in [0.717, 1.165) is 48.7 Å². The summed E-state index contributed by atoms with van der Waals surface area (Å²) in [4.78, 5) is 0. The summed E-state index contributed by atoms with van der Waals surface area (Å²) in [6, 6.07) is 30.5. The van der Waals surface area contributed by atoms with Crippen LogP contribution in [0, 0.1) is 0 Å². The van der Waals surface area contributed by atoms with E-state index in [2.05, 4.69) is 126 Å². The Bertz CT molecular complexity index is 1560. The predicted molar refractivity (Wildman–Crippen MR) is 171 cm³/mol. The van der Waals surface area contributed by atoms with Crippen molar-refractivity contribution < 1.29 is 35.0 Å². The average molecular weight is 622 g/mol. The molecule has 41 heavy (non-hydrogen) atoms. The normalized spacial score (nSPS) is 11.3. The number of rotatable bonds is 8. The summed E-state index contributed by atoms with van der Waals surface area (Å²) in [6.45, 7) is 13.3. The largest absolute Gasteiger partial charge is 2.00 e. The zero-order valence-electron chi connectivity index (χ0n) is 25.4. The van der Waals surface area contributed by atoms with Gasteiger partial charge in [-0.15, -0.1) is 57.9 Å². The van der Waals surface area contributed by atoms with Crippen molar-refractivity contribution in [3.05, 3.63) is 108 Å². The molecule has 6 aromatic rings. The van der Waals surface area contributed by atoms with Gasteiger partial charge in [-0.25, -0.2) is 0 Å². The second kappa shape index (κ2) is 13.8. The molecule has 2 heterocycles. The van der Waals surface area contributed by atoms with Crippen molar-refractivity contribution in [3.8, 4) is 22.6 Å². The van der Waals surface area contributed by atoms with E-state index < -0.39 is 0 Å². The Hall–Kier alpha value is -2.90. The Morgan fingerprint density at radius 2 is 1.00 bits per heavy atom. The molecule has 0 aliphatic carbocycles. The van der Waals surface area contributed by atoms with Crippen molar-refractivity contribution in [2.75, 3.05) is 0 Å². The quantitative estimate of drug-likeness (QED) is 0.158. The van der Waals surface area contributed by atoms with E-state index in [1.807, 2.05) is 0 Å². The van der Waals surface area contributed by atoms with E-state index in [-0.39, 0.29) is 26.2 Å². The van der Waals surface area contributed by atoms with Gasteiger partial charge in [0.15, 0.2) is 0 Å². The second-order valence-corrected chi connectivity index (χ2v) is 11.5. The Balaban J connectivity index is 0.000000184. The van der Waals surface area contributed by atoms with Crippen molar-refractivity contribution in [3.63, 3.8) is 0 Å². The molecule has 2 aromatic heterocycles. The number of furan rings is 2. The fourth-order valence-corrected chi connectivity index (χ4v) is 5.64. The summed E-state index contributed by atoms with van der Waals surface area (Å²) in [5.74, 6) is 5.22. The van der Waals surface area contributed by atoms with E-state index in [9.17, 15) is 0 Å². The molecule has 210 valence electrons. The third-order valence-corrected chi connectivity index (χ3v) is 7.70. The third kappa shape index (κ3) is 6.95. The fraction of sp³-hybridized carbons (Fsp3) is 0.316. The first-order valence-corrected chi connectivity index (χ1v) is 14.9. The van der Waals surface area contributed by atoms with E-state index in [0.29, 0.717) is 11.8 Å². The van der Waals surface area contributed by atoms with E-state index in [4.69, 9.17) is 8.83 Å². The van der Waals surface area contributed by atoms with Crippen molar-refractivity contribution in [1.82, 2.24) is 0 Å². The topological polar surface area (TPSA) is 26.3 Å². The van der Waals surface area contributed by atoms with Gasteiger partial charge in [0.05, 0.1) is 23.0 Å². The second-order valence-electron chi connectivity index (χ2n) is 11.5.